The van der Waals surface area contributed by atoms with E-state index in [0.29, 0.717) is 24.5 Å². The Kier molecular flexibility index (Phi) is 3.12. The van der Waals surface area contributed by atoms with Gasteiger partial charge in [0, 0.05) is 19.8 Å². The molecule has 0 aliphatic rings. The summed E-state index contributed by atoms with van der Waals surface area (Å²) in [4.78, 5) is 11.7. The number of aromatic nitrogens is 6. The predicted octanol–water partition coefficient (Wildman–Crippen LogP) is -0.643. The van der Waals surface area contributed by atoms with E-state index in [2.05, 4.69) is 25.9 Å². The first-order valence-corrected chi connectivity index (χ1v) is 5.22. The van der Waals surface area contributed by atoms with Gasteiger partial charge in [0.25, 0.3) is 5.91 Å². The zero-order chi connectivity index (χ0) is 12.3. The van der Waals surface area contributed by atoms with Crippen LogP contribution >= 0.6 is 0 Å². The fourth-order valence-electron chi connectivity index (χ4n) is 1.29. The van der Waals surface area contributed by atoms with Crippen molar-refractivity contribution in [2.24, 2.45) is 7.05 Å². The summed E-state index contributed by atoms with van der Waals surface area (Å²) < 4.78 is 3.17. The van der Waals surface area contributed by atoms with Gasteiger partial charge in [0.15, 0.2) is 5.69 Å². The highest BCUT2D eigenvalue weighted by Gasteiger charge is 2.10. The number of rotatable bonds is 4. The van der Waals surface area contributed by atoms with Crippen LogP contribution in [0.25, 0.3) is 0 Å². The van der Waals surface area contributed by atoms with Crippen LogP contribution in [0, 0.1) is 0 Å². The third-order valence-electron chi connectivity index (χ3n) is 2.18. The fourth-order valence-corrected chi connectivity index (χ4v) is 1.29. The first-order chi connectivity index (χ1) is 8.19. The van der Waals surface area contributed by atoms with E-state index in [1.165, 1.54) is 0 Å². The summed E-state index contributed by atoms with van der Waals surface area (Å²) >= 11 is 0. The second kappa shape index (κ2) is 4.73. The van der Waals surface area contributed by atoms with E-state index in [-0.39, 0.29) is 5.91 Å². The zero-order valence-electron chi connectivity index (χ0n) is 9.66. The quantitative estimate of drug-likeness (QED) is 0.761. The van der Waals surface area contributed by atoms with Crippen molar-refractivity contribution in [3.63, 3.8) is 0 Å². The SMILES string of the molecule is CCn1cc(C(=O)NCc2cn(C)nn2)nn1. The number of hydrogen-bond donors (Lipinski definition) is 1. The van der Waals surface area contributed by atoms with Gasteiger partial charge in [0.1, 0.15) is 5.69 Å². The molecule has 2 aromatic heterocycles. The molecule has 0 unspecified atom stereocenters. The maximum atomic E-state index is 11.7. The van der Waals surface area contributed by atoms with Gasteiger partial charge >= 0.3 is 0 Å². The lowest BCUT2D eigenvalue weighted by Crippen LogP contribution is -2.23. The predicted molar refractivity (Wildman–Crippen MR) is 57.9 cm³/mol. The summed E-state index contributed by atoms with van der Waals surface area (Å²) in [7, 11) is 1.77. The Labute approximate surface area is 97.6 Å². The van der Waals surface area contributed by atoms with Gasteiger partial charge in [0.05, 0.1) is 12.7 Å². The van der Waals surface area contributed by atoms with E-state index < -0.39 is 0 Å². The van der Waals surface area contributed by atoms with Crippen LogP contribution in [0.4, 0.5) is 0 Å². The maximum absolute atomic E-state index is 11.7. The highest BCUT2D eigenvalue weighted by atomic mass is 16.2. The summed E-state index contributed by atoms with van der Waals surface area (Å²) in [5.41, 5.74) is 1.000. The lowest BCUT2D eigenvalue weighted by molar-refractivity contribution is 0.0945. The molecule has 0 spiro atoms. The van der Waals surface area contributed by atoms with Gasteiger partial charge in [-0.3, -0.25) is 14.2 Å². The van der Waals surface area contributed by atoms with Crippen LogP contribution in [-0.2, 0) is 20.1 Å². The van der Waals surface area contributed by atoms with Crippen molar-refractivity contribution in [2.45, 2.75) is 20.0 Å². The number of nitrogens with one attached hydrogen (secondary N) is 1. The third-order valence-corrected chi connectivity index (χ3v) is 2.18. The Hall–Kier alpha value is -2.25. The summed E-state index contributed by atoms with van der Waals surface area (Å²) in [6, 6.07) is 0. The maximum Gasteiger partial charge on any atom is 0.273 e. The zero-order valence-corrected chi connectivity index (χ0v) is 9.66. The summed E-state index contributed by atoms with van der Waals surface area (Å²) in [6.45, 7) is 2.94. The van der Waals surface area contributed by atoms with Crippen LogP contribution < -0.4 is 5.32 Å². The van der Waals surface area contributed by atoms with Crippen LogP contribution in [0.1, 0.15) is 23.1 Å². The third kappa shape index (κ3) is 2.65. The number of nitrogens with zero attached hydrogens (tertiary/aromatic N) is 6. The Bertz CT molecular complexity index is 515. The standard InChI is InChI=1S/C9H13N7O/c1-3-16-6-8(12-14-16)9(17)10-4-7-5-15(2)13-11-7/h5-6H,3-4H2,1-2H3,(H,10,17). The molecule has 0 aliphatic heterocycles. The van der Waals surface area contributed by atoms with Gasteiger partial charge in [-0.2, -0.15) is 0 Å². The first-order valence-electron chi connectivity index (χ1n) is 5.22. The van der Waals surface area contributed by atoms with Crippen molar-refractivity contribution in [2.75, 3.05) is 0 Å². The number of carbonyl (C=O) groups excluding carboxylic acids is 1. The normalized spacial score (nSPS) is 10.5. The molecule has 0 aromatic carbocycles. The molecule has 0 radical (unpaired) electrons. The Morgan fingerprint density at radius 2 is 2.18 bits per heavy atom. The molecule has 90 valence electrons. The topological polar surface area (TPSA) is 90.5 Å². The first kappa shape index (κ1) is 11.2. The van der Waals surface area contributed by atoms with Gasteiger partial charge in [0.2, 0.25) is 0 Å². The van der Waals surface area contributed by atoms with Gasteiger partial charge < -0.3 is 5.32 Å². The van der Waals surface area contributed by atoms with E-state index in [1.807, 2.05) is 6.92 Å². The van der Waals surface area contributed by atoms with Gasteiger partial charge in [-0.05, 0) is 6.92 Å². The molecular weight excluding hydrogens is 222 g/mol. The monoisotopic (exact) mass is 235 g/mol. The molecule has 17 heavy (non-hydrogen) atoms. The van der Waals surface area contributed by atoms with Gasteiger partial charge in [-0.1, -0.05) is 10.4 Å². The summed E-state index contributed by atoms with van der Waals surface area (Å²) in [5, 5.41) is 17.9. The van der Waals surface area contributed by atoms with Crippen molar-refractivity contribution in [1.82, 2.24) is 35.3 Å². The molecule has 0 saturated carbocycles. The van der Waals surface area contributed by atoms with Crippen LogP contribution in [0.15, 0.2) is 12.4 Å². The Morgan fingerprint density at radius 3 is 2.76 bits per heavy atom. The molecule has 2 rings (SSSR count). The van der Waals surface area contributed by atoms with Crippen molar-refractivity contribution < 1.29 is 4.79 Å². The van der Waals surface area contributed by atoms with Crippen LogP contribution in [0.3, 0.4) is 0 Å². The van der Waals surface area contributed by atoms with E-state index in [0.717, 1.165) is 0 Å². The van der Waals surface area contributed by atoms with Crippen molar-refractivity contribution in [3.8, 4) is 0 Å². The van der Waals surface area contributed by atoms with Crippen LogP contribution in [0.5, 0.6) is 0 Å². The summed E-state index contributed by atoms with van der Waals surface area (Å²) in [5.74, 6) is -0.268. The minimum Gasteiger partial charge on any atom is -0.345 e. The van der Waals surface area contributed by atoms with Crippen LogP contribution in [0.2, 0.25) is 0 Å². The fraction of sp³-hybridized carbons (Fsp3) is 0.444. The average molecular weight is 235 g/mol. The van der Waals surface area contributed by atoms with E-state index >= 15 is 0 Å². The molecule has 0 atom stereocenters. The van der Waals surface area contributed by atoms with Gasteiger partial charge in [-0.15, -0.1) is 10.2 Å². The molecule has 1 amide bonds. The highest BCUT2D eigenvalue weighted by Crippen LogP contribution is 1.95. The smallest absolute Gasteiger partial charge is 0.273 e. The summed E-state index contributed by atoms with van der Waals surface area (Å²) in [6.07, 6.45) is 3.34. The van der Waals surface area contributed by atoms with Crippen molar-refractivity contribution in [1.29, 1.82) is 0 Å². The number of amides is 1. The minimum absolute atomic E-state index is 0.268. The molecule has 2 aromatic rings. The minimum atomic E-state index is -0.268. The van der Waals surface area contributed by atoms with Gasteiger partial charge in [-0.25, -0.2) is 0 Å². The van der Waals surface area contributed by atoms with E-state index in [9.17, 15) is 4.79 Å². The lowest BCUT2D eigenvalue weighted by Gasteiger charge is -1.98. The van der Waals surface area contributed by atoms with E-state index in [4.69, 9.17) is 0 Å². The Morgan fingerprint density at radius 1 is 1.35 bits per heavy atom. The molecule has 2 heterocycles. The number of carbonyl (C=O) groups is 1. The Balaban J connectivity index is 1.93. The van der Waals surface area contributed by atoms with Crippen LogP contribution in [-0.4, -0.2) is 35.9 Å². The second-order valence-electron chi connectivity index (χ2n) is 3.53. The molecule has 0 aliphatic carbocycles. The average Bonchev–Trinajstić information content (AvgIpc) is 2.94. The second-order valence-corrected chi connectivity index (χ2v) is 3.53. The molecule has 1 N–H and O–H groups in total. The molecular formula is C9H13N7O. The number of aryl methyl sites for hydroxylation is 2. The molecule has 8 nitrogen and oxygen atoms in total. The largest absolute Gasteiger partial charge is 0.345 e. The molecule has 0 fully saturated rings. The lowest BCUT2D eigenvalue weighted by atomic mass is 10.4. The van der Waals surface area contributed by atoms with Crippen molar-refractivity contribution >= 4 is 5.91 Å². The molecule has 0 bridgehead atoms. The molecule has 8 heteroatoms. The van der Waals surface area contributed by atoms with Crippen molar-refractivity contribution in [3.05, 3.63) is 23.8 Å². The highest BCUT2D eigenvalue weighted by molar-refractivity contribution is 5.91. The van der Waals surface area contributed by atoms with E-state index in [1.54, 1.807) is 28.8 Å². The number of hydrogen-bond acceptors (Lipinski definition) is 5. The molecule has 0 saturated heterocycles.